The van der Waals surface area contributed by atoms with Crippen LogP contribution in [-0.2, 0) is 0 Å². The minimum atomic E-state index is 1.20. The van der Waals surface area contributed by atoms with Crippen LogP contribution >= 0.6 is 0 Å². The molecule has 68 valence electrons. The van der Waals surface area contributed by atoms with Gasteiger partial charge in [0.2, 0.25) is 0 Å². The molecule has 0 atom stereocenters. The van der Waals surface area contributed by atoms with Crippen LogP contribution < -0.4 is 0 Å². The zero-order chi connectivity index (χ0) is 9.23. The van der Waals surface area contributed by atoms with Gasteiger partial charge in [-0.1, -0.05) is 50.1 Å². The highest BCUT2D eigenvalue weighted by molar-refractivity contribution is 5.29. The first-order valence-corrected chi connectivity index (χ1v) is 4.80. The Bertz CT molecular complexity index is 170. The van der Waals surface area contributed by atoms with Gasteiger partial charge in [0.15, 0.2) is 0 Å². The Balaban J connectivity index is 3.78. The summed E-state index contributed by atoms with van der Waals surface area (Å²) in [7, 11) is 0. The van der Waals surface area contributed by atoms with Crippen molar-refractivity contribution < 1.29 is 0 Å². The summed E-state index contributed by atoms with van der Waals surface area (Å²) in [5, 5.41) is 0. The van der Waals surface area contributed by atoms with E-state index in [0.29, 0.717) is 0 Å². The highest BCUT2D eigenvalue weighted by Gasteiger charge is 1.81. The molecule has 0 saturated carbocycles. The van der Waals surface area contributed by atoms with Crippen LogP contribution in [0.15, 0.2) is 36.0 Å². The SMILES string of the molecule is CC=CC(C=CCCCC)=CC. The molecule has 0 aliphatic rings. The van der Waals surface area contributed by atoms with Crippen LogP contribution in [0.2, 0.25) is 0 Å². The van der Waals surface area contributed by atoms with Crippen molar-refractivity contribution in [1.29, 1.82) is 0 Å². The Kier molecular flexibility index (Phi) is 7.78. The van der Waals surface area contributed by atoms with E-state index in [2.05, 4.69) is 44.2 Å². The van der Waals surface area contributed by atoms with Gasteiger partial charge in [0, 0.05) is 0 Å². The first kappa shape index (κ1) is 11.2. The molecule has 0 spiro atoms. The first-order valence-electron chi connectivity index (χ1n) is 4.80. The highest BCUT2D eigenvalue weighted by atomic mass is 13.9. The molecule has 0 nitrogen and oxygen atoms in total. The molecule has 0 aromatic heterocycles. The minimum Gasteiger partial charge on any atom is -0.0871 e. The summed E-state index contributed by atoms with van der Waals surface area (Å²) in [6.45, 7) is 6.33. The monoisotopic (exact) mass is 164 g/mol. The second-order valence-corrected chi connectivity index (χ2v) is 2.83. The second kappa shape index (κ2) is 8.32. The van der Waals surface area contributed by atoms with Gasteiger partial charge < -0.3 is 0 Å². The smallest absolute Gasteiger partial charge is 0.0306 e. The van der Waals surface area contributed by atoms with Gasteiger partial charge in [-0.05, 0) is 25.8 Å². The molecule has 0 amide bonds. The third kappa shape index (κ3) is 5.96. The van der Waals surface area contributed by atoms with Gasteiger partial charge in [0.05, 0.1) is 0 Å². The molecule has 0 aromatic carbocycles. The summed E-state index contributed by atoms with van der Waals surface area (Å²) in [6.07, 6.45) is 14.5. The Morgan fingerprint density at radius 1 is 1.17 bits per heavy atom. The maximum Gasteiger partial charge on any atom is -0.0306 e. The van der Waals surface area contributed by atoms with Crippen LogP contribution in [0.25, 0.3) is 0 Å². The van der Waals surface area contributed by atoms with E-state index in [0.717, 1.165) is 0 Å². The Labute approximate surface area is 76.7 Å². The van der Waals surface area contributed by atoms with Crippen molar-refractivity contribution in [3.63, 3.8) is 0 Å². The summed E-state index contributed by atoms with van der Waals surface area (Å²) < 4.78 is 0. The molecule has 0 aliphatic carbocycles. The largest absolute Gasteiger partial charge is 0.0871 e. The minimum absolute atomic E-state index is 1.20. The molecule has 0 radical (unpaired) electrons. The lowest BCUT2D eigenvalue weighted by Gasteiger charge is -1.91. The lowest BCUT2D eigenvalue weighted by Crippen LogP contribution is -1.71. The lowest BCUT2D eigenvalue weighted by atomic mass is 10.2. The average molecular weight is 164 g/mol. The summed E-state index contributed by atoms with van der Waals surface area (Å²) in [4.78, 5) is 0. The van der Waals surface area contributed by atoms with E-state index < -0.39 is 0 Å². The van der Waals surface area contributed by atoms with Crippen molar-refractivity contribution in [2.45, 2.75) is 40.0 Å². The van der Waals surface area contributed by atoms with E-state index in [-0.39, 0.29) is 0 Å². The molecular formula is C12H20. The third-order valence-corrected chi connectivity index (χ3v) is 1.73. The van der Waals surface area contributed by atoms with E-state index in [1.54, 1.807) is 0 Å². The molecule has 0 heterocycles. The Hall–Kier alpha value is -0.780. The molecule has 0 aromatic rings. The van der Waals surface area contributed by atoms with Crippen molar-refractivity contribution in [3.8, 4) is 0 Å². The van der Waals surface area contributed by atoms with Crippen molar-refractivity contribution in [2.24, 2.45) is 0 Å². The fraction of sp³-hybridized carbons (Fsp3) is 0.500. The van der Waals surface area contributed by atoms with E-state index in [9.17, 15) is 0 Å². The summed E-state index contributed by atoms with van der Waals surface area (Å²) >= 11 is 0. The Morgan fingerprint density at radius 3 is 2.42 bits per heavy atom. The number of hydrogen-bond acceptors (Lipinski definition) is 0. The van der Waals surface area contributed by atoms with Gasteiger partial charge in [-0.15, -0.1) is 0 Å². The molecule has 0 bridgehead atoms. The molecule has 0 unspecified atom stereocenters. The van der Waals surface area contributed by atoms with Gasteiger partial charge in [-0.2, -0.15) is 0 Å². The van der Waals surface area contributed by atoms with Crippen molar-refractivity contribution in [3.05, 3.63) is 36.0 Å². The van der Waals surface area contributed by atoms with Crippen molar-refractivity contribution in [2.75, 3.05) is 0 Å². The number of rotatable bonds is 5. The van der Waals surface area contributed by atoms with E-state index in [1.165, 1.54) is 24.8 Å². The molecule has 0 heteroatoms. The predicted octanol–water partition coefficient (Wildman–Crippen LogP) is 4.26. The standard InChI is InChI=1S/C12H20/c1-4-7-8-9-11-12(6-3)10-5-2/h5-6,9-11H,4,7-8H2,1-3H3. The van der Waals surface area contributed by atoms with Crippen molar-refractivity contribution >= 4 is 0 Å². The van der Waals surface area contributed by atoms with Gasteiger partial charge in [0.1, 0.15) is 0 Å². The van der Waals surface area contributed by atoms with Crippen LogP contribution in [-0.4, -0.2) is 0 Å². The lowest BCUT2D eigenvalue weighted by molar-refractivity contribution is 0.814. The second-order valence-electron chi connectivity index (χ2n) is 2.83. The fourth-order valence-corrected chi connectivity index (χ4v) is 0.982. The first-order chi connectivity index (χ1) is 5.85. The fourth-order valence-electron chi connectivity index (χ4n) is 0.982. The number of allylic oxidation sites excluding steroid dienone is 6. The van der Waals surface area contributed by atoms with Gasteiger partial charge in [-0.25, -0.2) is 0 Å². The zero-order valence-corrected chi connectivity index (χ0v) is 8.51. The quantitative estimate of drug-likeness (QED) is 0.421. The molecule has 0 fully saturated rings. The summed E-state index contributed by atoms with van der Waals surface area (Å²) in [6, 6.07) is 0. The normalized spacial score (nSPS) is 13.4. The summed E-state index contributed by atoms with van der Waals surface area (Å²) in [5.74, 6) is 0. The average Bonchev–Trinajstić information content (AvgIpc) is 2.10. The molecular weight excluding hydrogens is 144 g/mol. The highest BCUT2D eigenvalue weighted by Crippen LogP contribution is 2.02. The van der Waals surface area contributed by atoms with Gasteiger partial charge >= 0.3 is 0 Å². The summed E-state index contributed by atoms with van der Waals surface area (Å²) in [5.41, 5.74) is 1.30. The van der Waals surface area contributed by atoms with Gasteiger partial charge in [-0.3, -0.25) is 0 Å². The van der Waals surface area contributed by atoms with Crippen LogP contribution in [0.1, 0.15) is 40.0 Å². The third-order valence-electron chi connectivity index (χ3n) is 1.73. The van der Waals surface area contributed by atoms with E-state index in [1.807, 2.05) is 6.92 Å². The molecule has 12 heavy (non-hydrogen) atoms. The van der Waals surface area contributed by atoms with Gasteiger partial charge in [0.25, 0.3) is 0 Å². The van der Waals surface area contributed by atoms with Crippen LogP contribution in [0.4, 0.5) is 0 Å². The van der Waals surface area contributed by atoms with Crippen LogP contribution in [0, 0.1) is 0 Å². The van der Waals surface area contributed by atoms with Crippen LogP contribution in [0.3, 0.4) is 0 Å². The maximum atomic E-state index is 2.25. The molecule has 0 saturated heterocycles. The topological polar surface area (TPSA) is 0 Å². The van der Waals surface area contributed by atoms with Crippen molar-refractivity contribution in [1.82, 2.24) is 0 Å². The molecule has 0 N–H and O–H groups in total. The number of hydrogen-bond donors (Lipinski definition) is 0. The van der Waals surface area contributed by atoms with E-state index >= 15 is 0 Å². The van der Waals surface area contributed by atoms with Crippen LogP contribution in [0.5, 0.6) is 0 Å². The maximum absolute atomic E-state index is 2.25. The van der Waals surface area contributed by atoms with E-state index in [4.69, 9.17) is 0 Å². The molecule has 0 aliphatic heterocycles. The predicted molar refractivity (Wildman–Crippen MR) is 57.2 cm³/mol. The Morgan fingerprint density at radius 2 is 1.92 bits per heavy atom. The number of unbranched alkanes of at least 4 members (excludes halogenated alkanes) is 2. The zero-order valence-electron chi connectivity index (χ0n) is 8.51. The molecule has 0 rings (SSSR count).